The van der Waals surface area contributed by atoms with Crippen molar-refractivity contribution in [2.45, 2.75) is 18.5 Å². The first-order valence-corrected chi connectivity index (χ1v) is 7.81. The van der Waals surface area contributed by atoms with Crippen LogP contribution >= 0.6 is 23.2 Å². The molecule has 2 aromatic carbocycles. The van der Waals surface area contributed by atoms with Crippen molar-refractivity contribution in [3.63, 3.8) is 0 Å². The maximum absolute atomic E-state index is 13.0. The molecular weight excluding hydrogens is 340 g/mol. The van der Waals surface area contributed by atoms with Crippen molar-refractivity contribution in [3.8, 4) is 0 Å². The minimum absolute atomic E-state index is 0.0683. The number of benzene rings is 2. The zero-order valence-corrected chi connectivity index (χ0v) is 13.5. The van der Waals surface area contributed by atoms with Gasteiger partial charge in [-0.05, 0) is 42.3 Å². The lowest BCUT2D eigenvalue weighted by Crippen LogP contribution is -2.39. The summed E-state index contributed by atoms with van der Waals surface area (Å²) >= 11 is 11.9. The minimum Gasteiger partial charge on any atom is -0.323 e. The lowest BCUT2D eigenvalue weighted by atomic mass is 10.0. The highest BCUT2D eigenvalue weighted by atomic mass is 35.5. The summed E-state index contributed by atoms with van der Waals surface area (Å²) in [5.74, 6) is -0.504. The molecule has 0 spiro atoms. The number of halogens is 3. The molecule has 3 rings (SSSR count). The summed E-state index contributed by atoms with van der Waals surface area (Å²) in [5, 5.41) is 3.67. The van der Waals surface area contributed by atoms with Crippen LogP contribution < -0.4 is 16.2 Å². The number of anilines is 1. The summed E-state index contributed by atoms with van der Waals surface area (Å²) < 4.78 is 13.0. The van der Waals surface area contributed by atoms with Crippen molar-refractivity contribution in [2.24, 2.45) is 0 Å². The molecule has 1 heterocycles. The number of carbonyl (C=O) groups is 1. The Kier molecular flexibility index (Phi) is 4.82. The number of hydrogen-bond donors (Lipinski definition) is 3. The minimum atomic E-state index is -0.430. The Balaban J connectivity index is 1.65. The predicted molar refractivity (Wildman–Crippen MR) is 88.9 cm³/mol. The van der Waals surface area contributed by atoms with E-state index in [9.17, 15) is 9.18 Å². The third-order valence-electron chi connectivity index (χ3n) is 3.68. The van der Waals surface area contributed by atoms with Crippen molar-refractivity contribution in [3.05, 3.63) is 63.9 Å². The fourth-order valence-electron chi connectivity index (χ4n) is 2.45. The quantitative estimate of drug-likeness (QED) is 0.788. The van der Waals surface area contributed by atoms with Crippen LogP contribution in [0.2, 0.25) is 10.0 Å². The highest BCUT2D eigenvalue weighted by Crippen LogP contribution is 2.27. The van der Waals surface area contributed by atoms with E-state index >= 15 is 0 Å². The molecule has 1 amide bonds. The number of hydrogen-bond acceptors (Lipinski definition) is 3. The third kappa shape index (κ3) is 3.82. The number of rotatable bonds is 3. The molecule has 0 aromatic heterocycles. The summed E-state index contributed by atoms with van der Waals surface area (Å²) in [5.41, 5.74) is 7.37. The van der Waals surface area contributed by atoms with Gasteiger partial charge >= 0.3 is 0 Å². The highest BCUT2D eigenvalue weighted by Gasteiger charge is 2.30. The number of carbonyl (C=O) groups excluding carboxylic acids is 1. The summed E-state index contributed by atoms with van der Waals surface area (Å²) in [6.45, 7) is 0. The maximum Gasteiger partial charge on any atom is 0.242 e. The first-order chi connectivity index (χ1) is 11.0. The Bertz CT molecular complexity index is 724. The van der Waals surface area contributed by atoms with Crippen LogP contribution in [0.15, 0.2) is 42.5 Å². The number of amides is 1. The molecule has 4 nitrogen and oxygen atoms in total. The highest BCUT2D eigenvalue weighted by molar-refractivity contribution is 6.35. The van der Waals surface area contributed by atoms with Crippen LogP contribution in [0.1, 0.15) is 18.0 Å². The fourth-order valence-corrected chi connectivity index (χ4v) is 2.79. The third-order valence-corrected chi connectivity index (χ3v) is 4.24. The van der Waals surface area contributed by atoms with Gasteiger partial charge in [0, 0.05) is 11.1 Å². The molecule has 7 heteroatoms. The van der Waals surface area contributed by atoms with E-state index in [1.54, 1.807) is 30.3 Å². The molecule has 1 aliphatic heterocycles. The SMILES string of the molecule is O=C(Nc1cc(Cl)ccc1Cl)C1CC(c2ccc(F)cc2)NN1. The zero-order chi connectivity index (χ0) is 16.4. The van der Waals surface area contributed by atoms with Crippen LogP contribution in [0, 0.1) is 5.82 Å². The maximum atomic E-state index is 13.0. The molecule has 2 atom stereocenters. The molecule has 23 heavy (non-hydrogen) atoms. The Labute approximate surface area is 142 Å². The molecule has 1 fully saturated rings. The van der Waals surface area contributed by atoms with E-state index < -0.39 is 6.04 Å². The van der Waals surface area contributed by atoms with Gasteiger partial charge in [-0.3, -0.25) is 4.79 Å². The summed E-state index contributed by atoms with van der Waals surface area (Å²) in [6, 6.07) is 10.6. The standard InChI is InChI=1S/C16H14Cl2FN3O/c17-10-3-6-12(18)14(7-10)20-16(23)15-8-13(21-22-15)9-1-4-11(19)5-2-9/h1-7,13,15,21-22H,8H2,(H,20,23). The molecule has 0 bridgehead atoms. The van der Waals surface area contributed by atoms with Gasteiger partial charge in [0.1, 0.15) is 11.9 Å². The largest absolute Gasteiger partial charge is 0.323 e. The molecule has 120 valence electrons. The van der Waals surface area contributed by atoms with Gasteiger partial charge in [-0.15, -0.1) is 0 Å². The van der Waals surface area contributed by atoms with Crippen molar-refractivity contribution < 1.29 is 9.18 Å². The predicted octanol–water partition coefficient (Wildman–Crippen LogP) is 3.68. The Morgan fingerprint density at radius 3 is 2.61 bits per heavy atom. The lowest BCUT2D eigenvalue weighted by Gasteiger charge is -2.12. The summed E-state index contributed by atoms with van der Waals surface area (Å²) in [6.07, 6.45) is 0.537. The van der Waals surface area contributed by atoms with E-state index in [2.05, 4.69) is 16.2 Å². The van der Waals surface area contributed by atoms with Crippen LogP contribution in [-0.2, 0) is 4.79 Å². The topological polar surface area (TPSA) is 53.2 Å². The molecular formula is C16H14Cl2FN3O. The van der Waals surface area contributed by atoms with E-state index in [-0.39, 0.29) is 17.8 Å². The first kappa shape index (κ1) is 16.2. The smallest absolute Gasteiger partial charge is 0.242 e. The van der Waals surface area contributed by atoms with Crippen LogP contribution in [0.3, 0.4) is 0 Å². The van der Waals surface area contributed by atoms with Gasteiger partial charge in [-0.1, -0.05) is 35.3 Å². The van der Waals surface area contributed by atoms with Crippen LogP contribution in [0.25, 0.3) is 0 Å². The molecule has 1 saturated heterocycles. The zero-order valence-electron chi connectivity index (χ0n) is 11.9. The number of nitrogens with one attached hydrogen (secondary N) is 3. The molecule has 0 radical (unpaired) electrons. The average Bonchev–Trinajstić information content (AvgIpc) is 3.02. The summed E-state index contributed by atoms with van der Waals surface area (Å²) in [7, 11) is 0. The van der Waals surface area contributed by atoms with Gasteiger partial charge in [-0.25, -0.2) is 15.2 Å². The van der Waals surface area contributed by atoms with Crippen LogP contribution in [0.5, 0.6) is 0 Å². The van der Waals surface area contributed by atoms with E-state index in [0.29, 0.717) is 22.2 Å². The summed E-state index contributed by atoms with van der Waals surface area (Å²) in [4.78, 5) is 12.3. The average molecular weight is 354 g/mol. The molecule has 3 N–H and O–H groups in total. The fraction of sp³-hybridized carbons (Fsp3) is 0.188. The number of hydrazine groups is 1. The van der Waals surface area contributed by atoms with Crippen molar-refractivity contribution in [1.82, 2.24) is 10.9 Å². The van der Waals surface area contributed by atoms with Crippen LogP contribution in [-0.4, -0.2) is 11.9 Å². The second-order valence-corrected chi connectivity index (χ2v) is 6.14. The van der Waals surface area contributed by atoms with Crippen molar-refractivity contribution in [2.75, 3.05) is 5.32 Å². The Morgan fingerprint density at radius 1 is 1.13 bits per heavy atom. The molecule has 1 aliphatic rings. The van der Waals surface area contributed by atoms with Gasteiger partial charge in [0.25, 0.3) is 0 Å². The molecule has 2 aromatic rings. The van der Waals surface area contributed by atoms with E-state index in [4.69, 9.17) is 23.2 Å². The Morgan fingerprint density at radius 2 is 1.87 bits per heavy atom. The molecule has 2 unspecified atom stereocenters. The van der Waals surface area contributed by atoms with E-state index in [0.717, 1.165) is 5.56 Å². The van der Waals surface area contributed by atoms with Crippen molar-refractivity contribution in [1.29, 1.82) is 0 Å². The van der Waals surface area contributed by atoms with Gasteiger partial charge in [-0.2, -0.15) is 0 Å². The first-order valence-electron chi connectivity index (χ1n) is 7.05. The lowest BCUT2D eigenvalue weighted by molar-refractivity contribution is -0.117. The molecule has 0 saturated carbocycles. The van der Waals surface area contributed by atoms with Crippen molar-refractivity contribution >= 4 is 34.8 Å². The van der Waals surface area contributed by atoms with Gasteiger partial charge in [0.05, 0.1) is 10.7 Å². The van der Waals surface area contributed by atoms with Crippen LogP contribution in [0.4, 0.5) is 10.1 Å². The molecule has 0 aliphatic carbocycles. The Hall–Kier alpha value is -1.66. The second kappa shape index (κ2) is 6.84. The van der Waals surface area contributed by atoms with Gasteiger partial charge in [0.15, 0.2) is 0 Å². The van der Waals surface area contributed by atoms with E-state index in [1.165, 1.54) is 12.1 Å². The van der Waals surface area contributed by atoms with Gasteiger partial charge in [0.2, 0.25) is 5.91 Å². The normalized spacial score (nSPS) is 20.5. The van der Waals surface area contributed by atoms with E-state index in [1.807, 2.05) is 0 Å². The second-order valence-electron chi connectivity index (χ2n) is 5.29. The monoisotopic (exact) mass is 353 g/mol. The van der Waals surface area contributed by atoms with Gasteiger partial charge < -0.3 is 5.32 Å².